The summed E-state index contributed by atoms with van der Waals surface area (Å²) in [6.45, 7) is 4.53. The Morgan fingerprint density at radius 2 is 1.29 bits per heavy atom. The molecule has 268 valence electrons. The van der Waals surface area contributed by atoms with Gasteiger partial charge in [-0.2, -0.15) is 0 Å². The van der Waals surface area contributed by atoms with Crippen molar-refractivity contribution in [1.29, 1.82) is 0 Å². The van der Waals surface area contributed by atoms with Crippen LogP contribution < -0.4 is 33.2 Å². The fourth-order valence-corrected chi connectivity index (χ4v) is 5.86. The van der Waals surface area contributed by atoms with Crippen molar-refractivity contribution in [2.24, 2.45) is 23.1 Å². The number of benzene rings is 2. The van der Waals surface area contributed by atoms with Gasteiger partial charge in [-0.05, 0) is 68.5 Å². The molecule has 0 aromatic heterocycles. The number of rotatable bonds is 18. The molecule has 1 aliphatic heterocycles. The van der Waals surface area contributed by atoms with E-state index in [2.05, 4.69) is 16.0 Å². The number of carbonyl (C=O) groups excluding carboxylic acids is 4. The summed E-state index contributed by atoms with van der Waals surface area (Å²) in [7, 11) is 0. The predicted octanol–water partition coefficient (Wildman–Crippen LogP) is 0.833. The Hall–Kier alpha value is -4.33. The molecule has 0 spiro atoms. The minimum Gasteiger partial charge on any atom is -0.480 e. The van der Waals surface area contributed by atoms with E-state index in [-0.39, 0.29) is 57.0 Å². The molecule has 1 fully saturated rings. The lowest BCUT2D eigenvalue weighted by molar-refractivity contribution is -0.148. The van der Waals surface area contributed by atoms with E-state index in [0.29, 0.717) is 25.8 Å². The lowest BCUT2D eigenvalue weighted by Gasteiger charge is -2.38. The van der Waals surface area contributed by atoms with E-state index in [4.69, 9.17) is 17.2 Å². The van der Waals surface area contributed by atoms with E-state index in [1.54, 1.807) is 0 Å². The Kier molecular flexibility index (Phi) is 15.2. The van der Waals surface area contributed by atoms with Gasteiger partial charge in [0.2, 0.25) is 23.6 Å². The summed E-state index contributed by atoms with van der Waals surface area (Å²) < 4.78 is 0. The molecule has 0 bridgehead atoms. The second-order valence-electron chi connectivity index (χ2n) is 13.4. The van der Waals surface area contributed by atoms with Crippen molar-refractivity contribution < 1.29 is 29.1 Å². The molecule has 0 radical (unpaired) electrons. The smallest absolute Gasteiger partial charge is 0.323 e. The molecule has 2 aromatic carbocycles. The van der Waals surface area contributed by atoms with Crippen LogP contribution in [0.5, 0.6) is 0 Å². The topological polar surface area (TPSA) is 223 Å². The van der Waals surface area contributed by atoms with E-state index in [9.17, 15) is 29.1 Å². The Labute approximate surface area is 288 Å². The highest BCUT2D eigenvalue weighted by Crippen LogP contribution is 2.21. The number of hydrogen-bond donors (Lipinski definition) is 7. The van der Waals surface area contributed by atoms with Crippen molar-refractivity contribution >= 4 is 29.6 Å². The fourth-order valence-electron chi connectivity index (χ4n) is 5.86. The highest BCUT2D eigenvalue weighted by Gasteiger charge is 2.40. The number of carboxylic acid groups (broad SMARTS) is 1. The molecule has 49 heavy (non-hydrogen) atoms. The molecular formula is C36H53N7O6. The standard InChI is InChI=1S/C36H53N7O6/c1-24(2)21-29(32(45)40-28(15-9-10-18-37)34(47)43-19-16-36(39,17-20-43)35(48)49)42-33(46)30(23-26-13-7-4-8-14-26)41-31(44)27(38)22-25-11-5-3-6-12-25/h3-8,11-14,24,27-30H,9-10,15-23,37-39H2,1-2H3,(H,40,45)(H,41,44)(H,42,46)(H,48,49)/t27-,28?,29-,30?/m1/s1. The van der Waals surface area contributed by atoms with Crippen molar-refractivity contribution in [2.75, 3.05) is 19.6 Å². The zero-order chi connectivity index (χ0) is 36.0. The minimum absolute atomic E-state index is 0.000286. The first kappa shape index (κ1) is 39.1. The zero-order valence-electron chi connectivity index (χ0n) is 28.6. The van der Waals surface area contributed by atoms with E-state index in [0.717, 1.165) is 11.1 Å². The van der Waals surface area contributed by atoms with Crippen molar-refractivity contribution in [3.05, 3.63) is 71.8 Å². The Morgan fingerprint density at radius 3 is 1.82 bits per heavy atom. The monoisotopic (exact) mass is 679 g/mol. The van der Waals surface area contributed by atoms with Crippen LogP contribution in [0.2, 0.25) is 0 Å². The van der Waals surface area contributed by atoms with Gasteiger partial charge in [0.25, 0.3) is 0 Å². The van der Waals surface area contributed by atoms with Gasteiger partial charge in [0.15, 0.2) is 0 Å². The Balaban J connectivity index is 1.77. The molecule has 0 aliphatic carbocycles. The number of likely N-dealkylation sites (tertiary alicyclic amines) is 1. The lowest BCUT2D eigenvalue weighted by Crippen LogP contribution is -2.60. The summed E-state index contributed by atoms with van der Waals surface area (Å²) in [5.74, 6) is -3.04. The molecule has 4 atom stereocenters. The first-order valence-electron chi connectivity index (χ1n) is 17.1. The Bertz CT molecular complexity index is 1380. The van der Waals surface area contributed by atoms with Crippen molar-refractivity contribution in [2.45, 2.75) is 94.9 Å². The second kappa shape index (κ2) is 19.0. The first-order valence-corrected chi connectivity index (χ1v) is 17.1. The number of nitrogens with one attached hydrogen (secondary N) is 3. The van der Waals surface area contributed by atoms with Gasteiger partial charge in [0.05, 0.1) is 6.04 Å². The van der Waals surface area contributed by atoms with Crippen LogP contribution in [0, 0.1) is 5.92 Å². The van der Waals surface area contributed by atoms with Gasteiger partial charge < -0.3 is 43.2 Å². The third-order valence-corrected chi connectivity index (χ3v) is 8.85. The number of amides is 4. The number of piperidine rings is 1. The van der Waals surface area contributed by atoms with Crippen LogP contribution in [-0.4, -0.2) is 88.9 Å². The molecule has 1 saturated heterocycles. The fraction of sp³-hybridized carbons (Fsp3) is 0.528. The summed E-state index contributed by atoms with van der Waals surface area (Å²) in [5.41, 5.74) is 18.2. The number of carboxylic acids is 1. The lowest BCUT2D eigenvalue weighted by atomic mass is 9.88. The maximum atomic E-state index is 13.9. The highest BCUT2D eigenvalue weighted by molar-refractivity contribution is 5.95. The Morgan fingerprint density at radius 1 is 0.776 bits per heavy atom. The molecule has 2 unspecified atom stereocenters. The average Bonchev–Trinajstić information content (AvgIpc) is 3.07. The quantitative estimate of drug-likeness (QED) is 0.111. The zero-order valence-corrected chi connectivity index (χ0v) is 28.6. The van der Waals surface area contributed by atoms with Crippen molar-refractivity contribution in [3.63, 3.8) is 0 Å². The van der Waals surface area contributed by atoms with Crippen molar-refractivity contribution in [3.8, 4) is 0 Å². The van der Waals surface area contributed by atoms with Crippen LogP contribution in [0.15, 0.2) is 60.7 Å². The molecule has 3 rings (SSSR count). The van der Waals surface area contributed by atoms with Crippen LogP contribution in [0.3, 0.4) is 0 Å². The van der Waals surface area contributed by atoms with Gasteiger partial charge in [-0.3, -0.25) is 24.0 Å². The molecule has 13 nitrogen and oxygen atoms in total. The number of nitrogens with two attached hydrogens (primary N) is 3. The van der Waals surface area contributed by atoms with E-state index < -0.39 is 53.4 Å². The third kappa shape index (κ3) is 12.3. The predicted molar refractivity (Wildman–Crippen MR) is 187 cm³/mol. The van der Waals surface area contributed by atoms with Crippen LogP contribution in [0.25, 0.3) is 0 Å². The average molecular weight is 680 g/mol. The van der Waals surface area contributed by atoms with Gasteiger partial charge in [-0.1, -0.05) is 74.5 Å². The number of nitrogens with zero attached hydrogens (tertiary/aromatic N) is 1. The van der Waals surface area contributed by atoms with Gasteiger partial charge in [-0.15, -0.1) is 0 Å². The number of unbranched alkanes of at least 4 members (excludes halogenated alkanes) is 1. The summed E-state index contributed by atoms with van der Waals surface area (Å²) in [5, 5.41) is 18.0. The van der Waals surface area contributed by atoms with Gasteiger partial charge in [0.1, 0.15) is 23.7 Å². The summed E-state index contributed by atoms with van der Waals surface area (Å²) in [6.07, 6.45) is 2.44. The maximum Gasteiger partial charge on any atom is 0.323 e. The molecular weight excluding hydrogens is 626 g/mol. The largest absolute Gasteiger partial charge is 0.480 e. The maximum absolute atomic E-state index is 13.9. The summed E-state index contributed by atoms with van der Waals surface area (Å²) in [4.78, 5) is 67.7. The number of aliphatic carboxylic acids is 1. The molecule has 4 amide bonds. The van der Waals surface area contributed by atoms with Crippen LogP contribution >= 0.6 is 0 Å². The van der Waals surface area contributed by atoms with Gasteiger partial charge in [-0.25, -0.2) is 0 Å². The molecule has 1 heterocycles. The van der Waals surface area contributed by atoms with Gasteiger partial charge >= 0.3 is 5.97 Å². The SMILES string of the molecule is CC(C)C[C@@H](NC(=O)C(Cc1ccccc1)NC(=O)[C@H](N)Cc1ccccc1)C(=O)NC(CCCCN)C(=O)N1CCC(N)(C(=O)O)CC1. The molecule has 13 heteroatoms. The van der Waals surface area contributed by atoms with E-state index in [1.807, 2.05) is 74.5 Å². The first-order chi connectivity index (χ1) is 23.3. The second-order valence-corrected chi connectivity index (χ2v) is 13.4. The summed E-state index contributed by atoms with van der Waals surface area (Å²) in [6, 6.07) is 14.7. The third-order valence-electron chi connectivity index (χ3n) is 8.85. The van der Waals surface area contributed by atoms with Crippen LogP contribution in [0.4, 0.5) is 0 Å². The summed E-state index contributed by atoms with van der Waals surface area (Å²) >= 11 is 0. The van der Waals surface area contributed by atoms with Crippen LogP contribution in [-0.2, 0) is 36.8 Å². The molecule has 2 aromatic rings. The minimum atomic E-state index is -1.40. The number of hydrogen-bond acceptors (Lipinski definition) is 8. The van der Waals surface area contributed by atoms with Crippen molar-refractivity contribution in [1.82, 2.24) is 20.9 Å². The molecule has 0 saturated carbocycles. The van der Waals surface area contributed by atoms with Crippen LogP contribution in [0.1, 0.15) is 63.5 Å². The van der Waals surface area contributed by atoms with E-state index >= 15 is 0 Å². The molecule has 10 N–H and O–H groups in total. The molecule has 1 aliphatic rings. The van der Waals surface area contributed by atoms with Gasteiger partial charge in [0, 0.05) is 19.5 Å². The normalized spacial score (nSPS) is 16.6. The number of carbonyl (C=O) groups is 5. The highest BCUT2D eigenvalue weighted by atomic mass is 16.4. The van der Waals surface area contributed by atoms with E-state index in [1.165, 1.54) is 4.90 Å².